The third-order valence-electron chi connectivity index (χ3n) is 3.73. The maximum absolute atomic E-state index is 12.8. The summed E-state index contributed by atoms with van der Waals surface area (Å²) in [7, 11) is 0. The zero-order chi connectivity index (χ0) is 17.3. The number of carbonyl (C=O) groups excluding carboxylic acids is 1. The van der Waals surface area contributed by atoms with E-state index in [2.05, 4.69) is 10.1 Å². The third kappa shape index (κ3) is 2.86. The van der Waals surface area contributed by atoms with Gasteiger partial charge in [-0.2, -0.15) is 10.1 Å². The van der Waals surface area contributed by atoms with Crippen LogP contribution in [0.1, 0.15) is 29.9 Å². The van der Waals surface area contributed by atoms with Crippen LogP contribution in [0, 0.1) is 5.92 Å². The molecule has 1 aromatic heterocycles. The summed E-state index contributed by atoms with van der Waals surface area (Å²) in [5, 5.41) is 14.7. The molecule has 1 aromatic carbocycles. The quantitative estimate of drug-likeness (QED) is 0.847. The topological polar surface area (TPSA) is 85.8 Å². The van der Waals surface area contributed by atoms with Crippen molar-refractivity contribution in [2.45, 2.75) is 13.8 Å². The first-order valence-corrected chi connectivity index (χ1v) is 7.59. The van der Waals surface area contributed by atoms with Crippen molar-refractivity contribution < 1.29 is 14.7 Å². The molecule has 2 N–H and O–H groups in total. The molecule has 0 bridgehead atoms. The number of carboxylic acid groups (broad SMARTS) is 1. The molecule has 1 amide bonds. The average Bonchev–Trinajstić information content (AvgIpc) is 3.17. The summed E-state index contributed by atoms with van der Waals surface area (Å²) in [6, 6.07) is 9.83. The van der Waals surface area contributed by atoms with Gasteiger partial charge in [-0.1, -0.05) is 13.8 Å². The van der Waals surface area contributed by atoms with Crippen LogP contribution in [0.3, 0.4) is 0 Å². The van der Waals surface area contributed by atoms with Crippen LogP contribution < -0.4 is 5.01 Å². The molecule has 0 saturated carbocycles. The van der Waals surface area contributed by atoms with Gasteiger partial charge in [0.25, 0.3) is 5.91 Å². The van der Waals surface area contributed by atoms with Gasteiger partial charge >= 0.3 is 5.97 Å². The molecule has 2 heterocycles. The minimum absolute atomic E-state index is 0.0819. The van der Waals surface area contributed by atoms with Crippen LogP contribution in [0.25, 0.3) is 6.08 Å². The van der Waals surface area contributed by atoms with Gasteiger partial charge in [0.2, 0.25) is 0 Å². The fraction of sp³-hybridized carbons (Fsp3) is 0.167. The Labute approximate surface area is 139 Å². The Hall–Kier alpha value is -3.15. The van der Waals surface area contributed by atoms with Gasteiger partial charge in [-0.05, 0) is 48.4 Å². The molecule has 0 spiro atoms. The first kappa shape index (κ1) is 15.7. The Morgan fingerprint density at radius 2 is 1.96 bits per heavy atom. The van der Waals surface area contributed by atoms with E-state index in [4.69, 9.17) is 5.11 Å². The molecule has 0 aliphatic carbocycles. The van der Waals surface area contributed by atoms with E-state index in [1.807, 2.05) is 26.0 Å². The van der Waals surface area contributed by atoms with E-state index in [1.54, 1.807) is 24.4 Å². The van der Waals surface area contributed by atoms with Crippen LogP contribution in [0.5, 0.6) is 0 Å². The number of H-pyrrole nitrogens is 1. The number of hydrazone groups is 1. The van der Waals surface area contributed by atoms with Crippen molar-refractivity contribution in [3.63, 3.8) is 0 Å². The summed E-state index contributed by atoms with van der Waals surface area (Å²) in [6.45, 7) is 3.96. The lowest BCUT2D eigenvalue weighted by Gasteiger charge is -2.11. The number of hydrogen-bond donors (Lipinski definition) is 2. The van der Waals surface area contributed by atoms with Crippen molar-refractivity contribution in [2.24, 2.45) is 11.0 Å². The minimum atomic E-state index is -1.01. The molecule has 0 atom stereocenters. The summed E-state index contributed by atoms with van der Waals surface area (Å²) in [5.74, 6) is -1.15. The van der Waals surface area contributed by atoms with Gasteiger partial charge in [-0.15, -0.1) is 0 Å². The number of rotatable bonds is 4. The number of hydrogen-bond acceptors (Lipinski definition) is 3. The molecular weight excluding hydrogens is 306 g/mol. The van der Waals surface area contributed by atoms with Gasteiger partial charge in [0.15, 0.2) is 0 Å². The molecule has 122 valence electrons. The summed E-state index contributed by atoms with van der Waals surface area (Å²) < 4.78 is 0. The SMILES string of the molecule is CC(C)C1=NN(c2ccc(C(=O)O)cc2)C(=O)/C1=C\c1ccc[nH]1. The van der Waals surface area contributed by atoms with E-state index in [0.717, 1.165) is 5.69 Å². The van der Waals surface area contributed by atoms with Crippen LogP contribution in [-0.2, 0) is 4.79 Å². The minimum Gasteiger partial charge on any atom is -0.478 e. The van der Waals surface area contributed by atoms with Crippen molar-refractivity contribution in [1.82, 2.24) is 4.98 Å². The number of benzene rings is 1. The number of amides is 1. The standard InChI is InChI=1S/C18H17N3O3/c1-11(2)16-15(10-13-4-3-9-19-13)17(22)21(20-16)14-7-5-12(6-8-14)18(23)24/h3-11,19H,1-2H3,(H,23,24)/b15-10-. The summed E-state index contributed by atoms with van der Waals surface area (Å²) in [6.07, 6.45) is 3.58. The van der Waals surface area contributed by atoms with Crippen molar-refractivity contribution in [2.75, 3.05) is 5.01 Å². The van der Waals surface area contributed by atoms with E-state index in [1.165, 1.54) is 17.1 Å². The molecule has 1 aliphatic heterocycles. The number of aromatic amines is 1. The second-order valence-corrected chi connectivity index (χ2v) is 5.79. The van der Waals surface area contributed by atoms with Crippen molar-refractivity contribution >= 4 is 29.4 Å². The first-order valence-electron chi connectivity index (χ1n) is 7.59. The number of anilines is 1. The highest BCUT2D eigenvalue weighted by molar-refractivity contribution is 6.33. The maximum atomic E-state index is 12.8. The van der Waals surface area contributed by atoms with Gasteiger partial charge in [0, 0.05) is 11.9 Å². The Morgan fingerprint density at radius 3 is 2.50 bits per heavy atom. The molecular formula is C18H17N3O3. The largest absolute Gasteiger partial charge is 0.478 e. The number of nitrogens with zero attached hydrogens (tertiary/aromatic N) is 2. The number of aromatic carboxylic acids is 1. The lowest BCUT2D eigenvalue weighted by molar-refractivity contribution is -0.114. The molecule has 24 heavy (non-hydrogen) atoms. The zero-order valence-electron chi connectivity index (χ0n) is 13.4. The molecule has 3 rings (SSSR count). The van der Waals surface area contributed by atoms with Crippen molar-refractivity contribution in [3.05, 3.63) is 59.4 Å². The van der Waals surface area contributed by atoms with E-state index in [9.17, 15) is 9.59 Å². The van der Waals surface area contributed by atoms with Crippen LogP contribution in [-0.4, -0.2) is 27.7 Å². The number of aromatic nitrogens is 1. The van der Waals surface area contributed by atoms with E-state index < -0.39 is 5.97 Å². The fourth-order valence-electron chi connectivity index (χ4n) is 2.50. The van der Waals surface area contributed by atoms with E-state index >= 15 is 0 Å². The molecule has 6 heteroatoms. The molecule has 0 fully saturated rings. The number of carbonyl (C=O) groups is 2. The Bertz CT molecular complexity index is 831. The van der Waals surface area contributed by atoms with Crippen molar-refractivity contribution in [1.29, 1.82) is 0 Å². The van der Waals surface area contributed by atoms with Crippen LogP contribution in [0.15, 0.2) is 53.3 Å². The van der Waals surface area contributed by atoms with Gasteiger partial charge < -0.3 is 10.1 Å². The highest BCUT2D eigenvalue weighted by atomic mass is 16.4. The Kier molecular flexibility index (Phi) is 4.04. The average molecular weight is 323 g/mol. The molecule has 2 aromatic rings. The smallest absolute Gasteiger partial charge is 0.335 e. The number of nitrogens with one attached hydrogen (secondary N) is 1. The highest BCUT2D eigenvalue weighted by Crippen LogP contribution is 2.27. The van der Waals surface area contributed by atoms with Crippen LogP contribution in [0.2, 0.25) is 0 Å². The normalized spacial score (nSPS) is 16.1. The molecule has 1 aliphatic rings. The Balaban J connectivity index is 1.98. The summed E-state index contributed by atoms with van der Waals surface area (Å²) in [4.78, 5) is 26.8. The summed E-state index contributed by atoms with van der Waals surface area (Å²) >= 11 is 0. The Morgan fingerprint density at radius 1 is 1.25 bits per heavy atom. The second kappa shape index (κ2) is 6.16. The van der Waals surface area contributed by atoms with E-state index in [-0.39, 0.29) is 17.4 Å². The van der Waals surface area contributed by atoms with Gasteiger partial charge in [0.1, 0.15) is 0 Å². The summed E-state index contributed by atoms with van der Waals surface area (Å²) in [5.41, 5.74) is 2.78. The lowest BCUT2D eigenvalue weighted by atomic mass is 9.99. The van der Waals surface area contributed by atoms with Crippen LogP contribution in [0.4, 0.5) is 5.69 Å². The number of carboxylic acids is 1. The van der Waals surface area contributed by atoms with Gasteiger partial charge in [-0.3, -0.25) is 4.79 Å². The predicted octanol–water partition coefficient (Wildman–Crippen LogP) is 3.16. The van der Waals surface area contributed by atoms with E-state index in [0.29, 0.717) is 17.0 Å². The fourth-order valence-corrected chi connectivity index (χ4v) is 2.50. The highest BCUT2D eigenvalue weighted by Gasteiger charge is 2.32. The van der Waals surface area contributed by atoms with Crippen LogP contribution >= 0.6 is 0 Å². The van der Waals surface area contributed by atoms with Gasteiger partial charge in [0.05, 0.1) is 22.5 Å². The zero-order valence-corrected chi connectivity index (χ0v) is 13.4. The predicted molar refractivity (Wildman–Crippen MR) is 91.9 cm³/mol. The molecule has 0 saturated heterocycles. The third-order valence-corrected chi connectivity index (χ3v) is 3.73. The molecule has 0 unspecified atom stereocenters. The maximum Gasteiger partial charge on any atom is 0.335 e. The molecule has 0 radical (unpaired) electrons. The van der Waals surface area contributed by atoms with Crippen molar-refractivity contribution in [3.8, 4) is 0 Å². The monoisotopic (exact) mass is 323 g/mol. The van der Waals surface area contributed by atoms with Gasteiger partial charge in [-0.25, -0.2) is 4.79 Å². The molecule has 6 nitrogen and oxygen atoms in total. The second-order valence-electron chi connectivity index (χ2n) is 5.79. The lowest BCUT2D eigenvalue weighted by Crippen LogP contribution is -2.21. The first-order chi connectivity index (χ1) is 11.5.